The van der Waals surface area contributed by atoms with Gasteiger partial charge in [0.25, 0.3) is 5.91 Å². The Kier molecular flexibility index (Phi) is 4.28. The summed E-state index contributed by atoms with van der Waals surface area (Å²) in [6.45, 7) is 0.947. The van der Waals surface area contributed by atoms with Crippen molar-refractivity contribution in [1.29, 1.82) is 0 Å². The molecular formula is C17H20N4O4S. The average molecular weight is 376 g/mol. The highest BCUT2D eigenvalue weighted by Gasteiger charge is 2.30. The van der Waals surface area contributed by atoms with Crippen molar-refractivity contribution >= 4 is 15.9 Å². The van der Waals surface area contributed by atoms with E-state index in [1.807, 2.05) is 0 Å². The number of likely N-dealkylation sites (tertiary alicyclic amines) is 1. The van der Waals surface area contributed by atoms with Gasteiger partial charge in [0.05, 0.1) is 5.75 Å². The smallest absolute Gasteiger partial charge is 0.253 e. The first-order valence-electron chi connectivity index (χ1n) is 8.63. The topological polar surface area (TPSA) is 119 Å². The van der Waals surface area contributed by atoms with E-state index in [0.29, 0.717) is 42.7 Å². The Morgan fingerprint density at radius 3 is 2.62 bits per heavy atom. The van der Waals surface area contributed by atoms with Crippen LogP contribution in [0.1, 0.15) is 41.4 Å². The number of hydrogen-bond acceptors (Lipinski definition) is 6. The third kappa shape index (κ3) is 3.78. The lowest BCUT2D eigenvalue weighted by molar-refractivity contribution is 0.0788. The molecule has 8 nitrogen and oxygen atoms in total. The largest absolute Gasteiger partial charge is 0.339 e. The van der Waals surface area contributed by atoms with Gasteiger partial charge in [-0.25, -0.2) is 13.6 Å². The van der Waals surface area contributed by atoms with Crippen molar-refractivity contribution in [2.45, 2.75) is 25.2 Å². The standard InChI is InChI=1S/C17H20N4O4S/c18-26(23,24)10-11-7-8-21(9-11)17(22)14-5-1-12(2-6-14)15-19-16(25-20-15)13-3-4-13/h1-2,5-6,11,13H,3-4,7-10H2,(H2,18,23,24)/t11-/m1/s1. The number of hydrogen-bond donors (Lipinski definition) is 1. The van der Waals surface area contributed by atoms with Crippen molar-refractivity contribution in [1.82, 2.24) is 15.0 Å². The molecule has 138 valence electrons. The van der Waals surface area contributed by atoms with Gasteiger partial charge in [0, 0.05) is 30.1 Å². The fraction of sp³-hybridized carbons (Fsp3) is 0.471. The normalized spacial score (nSPS) is 20.5. The molecule has 2 N–H and O–H groups in total. The van der Waals surface area contributed by atoms with Crippen molar-refractivity contribution in [3.05, 3.63) is 35.7 Å². The molecular weight excluding hydrogens is 356 g/mol. The fourth-order valence-corrected chi connectivity index (χ4v) is 4.20. The number of aromatic nitrogens is 2. The van der Waals surface area contributed by atoms with Gasteiger partial charge in [0.15, 0.2) is 0 Å². The molecule has 1 aromatic heterocycles. The van der Waals surface area contributed by atoms with E-state index in [1.54, 1.807) is 29.2 Å². The van der Waals surface area contributed by atoms with Crippen LogP contribution in [-0.4, -0.2) is 48.2 Å². The zero-order chi connectivity index (χ0) is 18.3. The van der Waals surface area contributed by atoms with Crippen molar-refractivity contribution in [3.63, 3.8) is 0 Å². The molecule has 0 bridgehead atoms. The van der Waals surface area contributed by atoms with E-state index in [9.17, 15) is 13.2 Å². The monoisotopic (exact) mass is 376 g/mol. The maximum absolute atomic E-state index is 12.6. The first-order valence-corrected chi connectivity index (χ1v) is 10.3. The number of nitrogens with two attached hydrogens (primary N) is 1. The number of nitrogens with zero attached hydrogens (tertiary/aromatic N) is 3. The minimum Gasteiger partial charge on any atom is -0.339 e. The predicted molar refractivity (Wildman–Crippen MR) is 93.7 cm³/mol. The highest BCUT2D eigenvalue weighted by molar-refractivity contribution is 7.89. The number of benzene rings is 1. The Balaban J connectivity index is 1.42. The molecule has 1 saturated carbocycles. The molecule has 0 radical (unpaired) electrons. The summed E-state index contributed by atoms with van der Waals surface area (Å²) < 4.78 is 27.7. The molecule has 0 unspecified atom stereocenters. The lowest BCUT2D eigenvalue weighted by Gasteiger charge is -2.16. The zero-order valence-electron chi connectivity index (χ0n) is 14.2. The third-order valence-corrected chi connectivity index (χ3v) is 5.74. The van der Waals surface area contributed by atoms with Gasteiger partial charge in [-0.1, -0.05) is 17.3 Å². The minimum atomic E-state index is -3.52. The second kappa shape index (κ2) is 6.48. The van der Waals surface area contributed by atoms with Crippen LogP contribution in [-0.2, 0) is 10.0 Å². The Labute approximate surface area is 151 Å². The zero-order valence-corrected chi connectivity index (χ0v) is 15.0. The van der Waals surface area contributed by atoms with Crippen molar-refractivity contribution in [2.24, 2.45) is 11.1 Å². The van der Waals surface area contributed by atoms with Crippen LogP contribution < -0.4 is 5.14 Å². The third-order valence-electron chi connectivity index (χ3n) is 4.80. The summed E-state index contributed by atoms with van der Waals surface area (Å²) in [7, 11) is -3.52. The highest BCUT2D eigenvalue weighted by Crippen LogP contribution is 2.39. The Bertz CT molecular complexity index is 918. The fourth-order valence-electron chi connectivity index (χ4n) is 3.27. The maximum atomic E-state index is 12.6. The van der Waals surface area contributed by atoms with Crippen molar-refractivity contribution in [2.75, 3.05) is 18.8 Å². The summed E-state index contributed by atoms with van der Waals surface area (Å²) in [4.78, 5) is 18.7. The number of primary sulfonamides is 1. The van der Waals surface area contributed by atoms with Crippen LogP contribution in [0.2, 0.25) is 0 Å². The predicted octanol–water partition coefficient (Wildman–Crippen LogP) is 1.36. The molecule has 1 aromatic carbocycles. The van der Waals surface area contributed by atoms with E-state index in [4.69, 9.17) is 9.66 Å². The molecule has 1 aliphatic heterocycles. The van der Waals surface area contributed by atoms with Gasteiger partial charge < -0.3 is 9.42 Å². The van der Waals surface area contributed by atoms with E-state index in [0.717, 1.165) is 18.4 Å². The molecule has 1 aliphatic carbocycles. The van der Waals surface area contributed by atoms with Gasteiger partial charge in [-0.05, 0) is 37.3 Å². The Morgan fingerprint density at radius 2 is 1.96 bits per heavy atom. The first kappa shape index (κ1) is 17.2. The van der Waals surface area contributed by atoms with Gasteiger partial charge >= 0.3 is 0 Å². The lowest BCUT2D eigenvalue weighted by Crippen LogP contribution is -2.30. The second-order valence-electron chi connectivity index (χ2n) is 7.04. The van der Waals surface area contributed by atoms with Crippen LogP contribution in [0.5, 0.6) is 0 Å². The summed E-state index contributed by atoms with van der Waals surface area (Å²) >= 11 is 0. The lowest BCUT2D eigenvalue weighted by atomic mass is 10.1. The van der Waals surface area contributed by atoms with Gasteiger partial charge in [0.2, 0.25) is 21.7 Å². The summed E-state index contributed by atoms with van der Waals surface area (Å²) in [5.41, 5.74) is 1.35. The van der Waals surface area contributed by atoms with Gasteiger partial charge in [-0.15, -0.1) is 0 Å². The second-order valence-corrected chi connectivity index (χ2v) is 8.70. The number of rotatable bonds is 5. The molecule has 0 spiro atoms. The molecule has 2 heterocycles. The van der Waals surface area contributed by atoms with E-state index < -0.39 is 10.0 Å². The summed E-state index contributed by atoms with van der Waals surface area (Å²) in [5, 5.41) is 9.09. The molecule has 9 heteroatoms. The molecule has 2 fully saturated rings. The quantitative estimate of drug-likeness (QED) is 0.841. The van der Waals surface area contributed by atoms with Crippen molar-refractivity contribution < 1.29 is 17.7 Å². The van der Waals surface area contributed by atoms with Crippen LogP contribution in [0.4, 0.5) is 0 Å². The van der Waals surface area contributed by atoms with Crippen LogP contribution in [0, 0.1) is 5.92 Å². The number of carbonyl (C=O) groups excluding carboxylic acids is 1. The van der Waals surface area contributed by atoms with Gasteiger partial charge in [0.1, 0.15) is 0 Å². The van der Waals surface area contributed by atoms with E-state index in [2.05, 4.69) is 10.1 Å². The van der Waals surface area contributed by atoms with Gasteiger partial charge in [-0.2, -0.15) is 4.98 Å². The number of amides is 1. The summed E-state index contributed by atoms with van der Waals surface area (Å²) in [5.74, 6) is 1.31. The maximum Gasteiger partial charge on any atom is 0.253 e. The molecule has 2 aliphatic rings. The molecule has 1 amide bonds. The van der Waals surface area contributed by atoms with Gasteiger partial charge in [-0.3, -0.25) is 4.79 Å². The molecule has 1 saturated heterocycles. The van der Waals surface area contributed by atoms with E-state index >= 15 is 0 Å². The average Bonchev–Trinajstić information content (AvgIpc) is 3.15. The number of carbonyl (C=O) groups is 1. The SMILES string of the molecule is NS(=O)(=O)C[C@@H]1CCN(C(=O)c2ccc(-c3noc(C4CC4)n3)cc2)C1. The Morgan fingerprint density at radius 1 is 1.23 bits per heavy atom. The van der Waals surface area contributed by atoms with Crippen LogP contribution in [0.25, 0.3) is 11.4 Å². The van der Waals surface area contributed by atoms with Crippen molar-refractivity contribution in [3.8, 4) is 11.4 Å². The Hall–Kier alpha value is -2.26. The van der Waals surface area contributed by atoms with Crippen LogP contribution in [0.3, 0.4) is 0 Å². The van der Waals surface area contributed by atoms with Crippen LogP contribution in [0.15, 0.2) is 28.8 Å². The molecule has 2 aromatic rings. The summed E-state index contributed by atoms with van der Waals surface area (Å²) in [6, 6.07) is 7.06. The van der Waals surface area contributed by atoms with E-state index in [-0.39, 0.29) is 17.6 Å². The summed E-state index contributed by atoms with van der Waals surface area (Å²) in [6.07, 6.45) is 2.84. The molecule has 1 atom stereocenters. The van der Waals surface area contributed by atoms with Crippen LogP contribution >= 0.6 is 0 Å². The molecule has 26 heavy (non-hydrogen) atoms. The molecule has 4 rings (SSSR count). The minimum absolute atomic E-state index is 0.0864. The first-order chi connectivity index (χ1) is 12.4. The highest BCUT2D eigenvalue weighted by atomic mass is 32.2. The number of sulfonamides is 1. The van der Waals surface area contributed by atoms with E-state index in [1.165, 1.54) is 0 Å².